The van der Waals surface area contributed by atoms with E-state index in [9.17, 15) is 14.4 Å². The van der Waals surface area contributed by atoms with E-state index in [1.807, 2.05) is 24.3 Å². The number of amides is 1. The topological polar surface area (TPSA) is 110 Å². The van der Waals surface area contributed by atoms with Crippen molar-refractivity contribution in [3.8, 4) is 0 Å². The van der Waals surface area contributed by atoms with E-state index in [2.05, 4.69) is 10.4 Å². The first kappa shape index (κ1) is 14.7. The van der Waals surface area contributed by atoms with E-state index in [4.69, 9.17) is 5.84 Å². The number of hydrazine groups is 1. The van der Waals surface area contributed by atoms with E-state index < -0.39 is 11.2 Å². The Morgan fingerprint density at radius 1 is 1.29 bits per heavy atom. The zero-order chi connectivity index (χ0) is 15.4. The highest BCUT2D eigenvalue weighted by Gasteiger charge is 2.13. The Labute approximate surface area is 120 Å². The molecule has 2 rings (SSSR count). The summed E-state index contributed by atoms with van der Waals surface area (Å²) in [5.74, 6) is 4.49. The van der Waals surface area contributed by atoms with Crippen LogP contribution in [0.2, 0.25) is 0 Å². The maximum Gasteiger partial charge on any atom is 0.328 e. The third-order valence-corrected chi connectivity index (χ3v) is 3.27. The summed E-state index contributed by atoms with van der Waals surface area (Å²) in [7, 11) is 0. The summed E-state index contributed by atoms with van der Waals surface area (Å²) in [6.07, 6.45) is 1.44. The summed E-state index contributed by atoms with van der Waals surface area (Å²) in [6.45, 7) is 2.09. The van der Waals surface area contributed by atoms with Gasteiger partial charge < -0.3 is 0 Å². The molecule has 0 aliphatic heterocycles. The van der Waals surface area contributed by atoms with Crippen LogP contribution in [0.15, 0.2) is 46.1 Å². The quantitative estimate of drug-likeness (QED) is 0.407. The lowest BCUT2D eigenvalue weighted by Crippen LogP contribution is -2.33. The van der Waals surface area contributed by atoms with Crippen molar-refractivity contribution >= 4 is 5.91 Å². The van der Waals surface area contributed by atoms with Crippen molar-refractivity contribution in [3.63, 3.8) is 0 Å². The molecule has 1 amide bonds. The number of nitrogens with one attached hydrogen (secondary N) is 2. The van der Waals surface area contributed by atoms with Gasteiger partial charge in [-0.1, -0.05) is 24.3 Å². The minimum atomic E-state index is -0.456. The second-order valence-corrected chi connectivity index (χ2v) is 4.71. The van der Waals surface area contributed by atoms with Gasteiger partial charge in [-0.25, -0.2) is 10.6 Å². The van der Waals surface area contributed by atoms with Gasteiger partial charge in [0.25, 0.3) is 5.56 Å². The minimum Gasteiger partial charge on any atom is -0.296 e. The van der Waals surface area contributed by atoms with Crippen LogP contribution in [0, 0.1) is 0 Å². The van der Waals surface area contributed by atoms with Gasteiger partial charge in [0, 0.05) is 12.3 Å². The molecule has 0 aliphatic carbocycles. The molecule has 21 heavy (non-hydrogen) atoms. The number of carbonyl (C=O) groups is 1. The van der Waals surface area contributed by atoms with E-state index in [0.717, 1.165) is 11.1 Å². The Balaban J connectivity index is 2.18. The van der Waals surface area contributed by atoms with Crippen LogP contribution in [0.3, 0.4) is 0 Å². The first-order chi connectivity index (χ1) is 10.0. The van der Waals surface area contributed by atoms with E-state index in [1.54, 1.807) is 6.92 Å². The molecule has 0 fully saturated rings. The molecule has 1 heterocycles. The van der Waals surface area contributed by atoms with Crippen LogP contribution in [0.4, 0.5) is 0 Å². The lowest BCUT2D eigenvalue weighted by Gasteiger charge is -2.11. The monoisotopic (exact) mass is 288 g/mol. The van der Waals surface area contributed by atoms with Crippen LogP contribution in [-0.4, -0.2) is 15.5 Å². The van der Waals surface area contributed by atoms with Crippen molar-refractivity contribution in [2.24, 2.45) is 5.84 Å². The van der Waals surface area contributed by atoms with Crippen LogP contribution in [0.1, 0.15) is 24.0 Å². The summed E-state index contributed by atoms with van der Waals surface area (Å²) < 4.78 is 1.40. The van der Waals surface area contributed by atoms with Gasteiger partial charge in [-0.3, -0.25) is 24.6 Å². The van der Waals surface area contributed by atoms with Crippen LogP contribution >= 0.6 is 0 Å². The number of rotatable bonds is 4. The molecular formula is C14H16N4O3. The fourth-order valence-electron chi connectivity index (χ4n) is 1.95. The fourth-order valence-corrected chi connectivity index (χ4v) is 1.95. The minimum absolute atomic E-state index is 0.264. The zero-order valence-electron chi connectivity index (χ0n) is 11.5. The predicted molar refractivity (Wildman–Crippen MR) is 77.6 cm³/mol. The number of H-pyrrole nitrogens is 1. The number of benzene rings is 1. The molecule has 7 heteroatoms. The van der Waals surface area contributed by atoms with Crippen molar-refractivity contribution in [2.75, 3.05) is 0 Å². The highest BCUT2D eigenvalue weighted by Crippen LogP contribution is 2.16. The Bertz CT molecular complexity index is 746. The van der Waals surface area contributed by atoms with Gasteiger partial charge in [0.05, 0.1) is 12.5 Å². The largest absolute Gasteiger partial charge is 0.328 e. The second kappa shape index (κ2) is 6.19. The van der Waals surface area contributed by atoms with Crippen LogP contribution in [0.5, 0.6) is 0 Å². The second-order valence-electron chi connectivity index (χ2n) is 4.71. The lowest BCUT2D eigenvalue weighted by molar-refractivity contribution is -0.122. The molecular weight excluding hydrogens is 272 g/mol. The van der Waals surface area contributed by atoms with Crippen molar-refractivity contribution < 1.29 is 4.79 Å². The molecule has 0 bridgehead atoms. The number of nitrogens with zero attached hydrogens (tertiary/aromatic N) is 1. The fraction of sp³-hybridized carbons (Fsp3) is 0.214. The number of carbonyl (C=O) groups excluding carboxylic acids is 1. The molecule has 7 nitrogen and oxygen atoms in total. The van der Waals surface area contributed by atoms with Gasteiger partial charge >= 0.3 is 5.69 Å². The molecule has 0 aliphatic rings. The molecule has 1 unspecified atom stereocenters. The Hall–Kier alpha value is -2.67. The summed E-state index contributed by atoms with van der Waals surface area (Å²) in [5, 5.41) is 0. The summed E-state index contributed by atoms with van der Waals surface area (Å²) in [6, 6.07) is 8.57. The van der Waals surface area contributed by atoms with Crippen molar-refractivity contribution in [3.05, 3.63) is 68.5 Å². The summed E-state index contributed by atoms with van der Waals surface area (Å²) in [4.78, 5) is 36.2. The molecule has 0 saturated carbocycles. The van der Waals surface area contributed by atoms with Crippen LogP contribution in [0.25, 0.3) is 0 Å². The highest BCUT2D eigenvalue weighted by molar-refractivity contribution is 5.82. The maximum absolute atomic E-state index is 11.6. The van der Waals surface area contributed by atoms with E-state index in [-0.39, 0.29) is 11.8 Å². The third kappa shape index (κ3) is 3.46. The van der Waals surface area contributed by atoms with Crippen molar-refractivity contribution in [1.29, 1.82) is 0 Å². The lowest BCUT2D eigenvalue weighted by atomic mass is 9.99. The Morgan fingerprint density at radius 2 is 1.95 bits per heavy atom. The van der Waals surface area contributed by atoms with Gasteiger partial charge in [-0.05, 0) is 18.1 Å². The maximum atomic E-state index is 11.6. The SMILES string of the molecule is CC(C(=O)NN)c1ccc(Cn2ccc(=O)[nH]c2=O)cc1. The molecule has 1 aromatic heterocycles. The molecule has 1 aromatic carbocycles. The molecule has 110 valence electrons. The van der Waals surface area contributed by atoms with Gasteiger partial charge in [-0.15, -0.1) is 0 Å². The van der Waals surface area contributed by atoms with Crippen LogP contribution < -0.4 is 22.5 Å². The van der Waals surface area contributed by atoms with E-state index in [0.29, 0.717) is 6.54 Å². The zero-order valence-corrected chi connectivity index (χ0v) is 11.5. The Morgan fingerprint density at radius 3 is 2.52 bits per heavy atom. The molecule has 0 saturated heterocycles. The average Bonchev–Trinajstić information content (AvgIpc) is 2.49. The van der Waals surface area contributed by atoms with Crippen molar-refractivity contribution in [2.45, 2.75) is 19.4 Å². The predicted octanol–water partition coefficient (Wildman–Crippen LogP) is -0.322. The van der Waals surface area contributed by atoms with Gasteiger partial charge in [0.15, 0.2) is 0 Å². The number of nitrogens with two attached hydrogens (primary N) is 1. The van der Waals surface area contributed by atoms with Gasteiger partial charge in [0.2, 0.25) is 5.91 Å². The molecule has 0 radical (unpaired) electrons. The summed E-state index contributed by atoms with van der Waals surface area (Å²) >= 11 is 0. The number of aromatic nitrogens is 2. The van der Waals surface area contributed by atoms with E-state index in [1.165, 1.54) is 16.8 Å². The standard InChI is InChI=1S/C14H16N4O3/c1-9(13(20)17-15)11-4-2-10(3-5-11)8-18-7-6-12(19)16-14(18)21/h2-7,9H,8,15H2,1H3,(H,17,20)(H,16,19,21). The number of hydrogen-bond donors (Lipinski definition) is 3. The van der Waals surface area contributed by atoms with E-state index >= 15 is 0 Å². The van der Waals surface area contributed by atoms with Crippen LogP contribution in [-0.2, 0) is 11.3 Å². The van der Waals surface area contributed by atoms with Gasteiger partial charge in [-0.2, -0.15) is 0 Å². The molecule has 1 atom stereocenters. The third-order valence-electron chi connectivity index (χ3n) is 3.27. The molecule has 4 N–H and O–H groups in total. The van der Waals surface area contributed by atoms with Crippen molar-refractivity contribution in [1.82, 2.24) is 15.0 Å². The summed E-state index contributed by atoms with van der Waals surface area (Å²) in [5.41, 5.74) is 2.95. The Kier molecular flexibility index (Phi) is 4.34. The first-order valence-corrected chi connectivity index (χ1v) is 6.40. The number of aromatic amines is 1. The first-order valence-electron chi connectivity index (χ1n) is 6.40. The average molecular weight is 288 g/mol. The highest BCUT2D eigenvalue weighted by atomic mass is 16.2. The smallest absolute Gasteiger partial charge is 0.296 e. The molecule has 0 spiro atoms. The molecule has 2 aromatic rings. The number of hydrogen-bond acceptors (Lipinski definition) is 4. The van der Waals surface area contributed by atoms with Gasteiger partial charge in [0.1, 0.15) is 0 Å². The normalized spacial score (nSPS) is 11.9.